The number of ketones is 1. The molecule has 0 unspecified atom stereocenters. The Hall–Kier alpha value is -2.29. The highest BCUT2D eigenvalue weighted by Crippen LogP contribution is 2.06. The molecular formula is C15H13NO2. The van der Waals surface area contributed by atoms with Gasteiger partial charge < -0.3 is 0 Å². The summed E-state index contributed by atoms with van der Waals surface area (Å²) >= 11 is 0. The fourth-order valence-electron chi connectivity index (χ4n) is 1.66. The van der Waals surface area contributed by atoms with E-state index in [2.05, 4.69) is 4.99 Å². The van der Waals surface area contributed by atoms with E-state index in [1.54, 1.807) is 19.1 Å². The van der Waals surface area contributed by atoms with Crippen LogP contribution in [0.5, 0.6) is 0 Å². The molecule has 1 aliphatic carbocycles. The molecule has 0 spiro atoms. The topological polar surface area (TPSA) is 46.5 Å². The minimum Gasteiger partial charge on any atom is -0.290 e. The van der Waals surface area contributed by atoms with Gasteiger partial charge in [-0.2, -0.15) is 0 Å². The number of hydrogen-bond acceptors (Lipinski definition) is 2. The van der Waals surface area contributed by atoms with Crippen LogP contribution in [0.15, 0.2) is 59.1 Å². The van der Waals surface area contributed by atoms with Crippen LogP contribution in [-0.2, 0) is 16.0 Å². The molecule has 0 heterocycles. The van der Waals surface area contributed by atoms with E-state index in [1.165, 1.54) is 6.08 Å². The molecule has 1 aromatic rings. The number of benzene rings is 1. The van der Waals surface area contributed by atoms with Gasteiger partial charge >= 0.3 is 0 Å². The summed E-state index contributed by atoms with van der Waals surface area (Å²) in [6, 6.07) is 9.46. The molecule has 3 nitrogen and oxygen atoms in total. The third-order valence-electron chi connectivity index (χ3n) is 2.61. The molecule has 3 heteroatoms. The molecule has 0 aliphatic heterocycles. The summed E-state index contributed by atoms with van der Waals surface area (Å²) in [5.74, 6) is -0.247. The number of carbonyl (C=O) groups is 2. The molecule has 90 valence electrons. The number of rotatable bonds is 2. The van der Waals surface area contributed by atoms with Gasteiger partial charge in [0.2, 0.25) is 0 Å². The van der Waals surface area contributed by atoms with Crippen molar-refractivity contribution in [2.75, 3.05) is 0 Å². The lowest BCUT2D eigenvalue weighted by atomic mass is 10.1. The van der Waals surface area contributed by atoms with Gasteiger partial charge in [0.1, 0.15) is 0 Å². The standard InChI is InChI=1S/C15H13NO2/c1-11-9-13(7-8-14(11)17)16-15(18)10-12-5-3-2-4-6-12/h2-9H,10H2,1H3. The highest BCUT2D eigenvalue weighted by Gasteiger charge is 2.09. The Balaban J connectivity index is 2.08. The van der Waals surface area contributed by atoms with Gasteiger partial charge in [-0.05, 0) is 36.3 Å². The maximum absolute atomic E-state index is 11.7. The van der Waals surface area contributed by atoms with Crippen LogP contribution in [0.1, 0.15) is 12.5 Å². The number of carbonyl (C=O) groups excluding carboxylic acids is 2. The van der Waals surface area contributed by atoms with Gasteiger partial charge in [-0.25, -0.2) is 4.99 Å². The van der Waals surface area contributed by atoms with Gasteiger partial charge in [0.15, 0.2) is 5.78 Å². The van der Waals surface area contributed by atoms with Crippen LogP contribution >= 0.6 is 0 Å². The molecular weight excluding hydrogens is 226 g/mol. The highest BCUT2D eigenvalue weighted by atomic mass is 16.1. The zero-order valence-corrected chi connectivity index (χ0v) is 10.1. The molecule has 0 bridgehead atoms. The fraction of sp³-hybridized carbons (Fsp3) is 0.133. The number of amides is 1. The van der Waals surface area contributed by atoms with Gasteiger partial charge in [-0.1, -0.05) is 30.3 Å². The van der Waals surface area contributed by atoms with E-state index in [0.717, 1.165) is 5.56 Å². The van der Waals surface area contributed by atoms with Crippen molar-refractivity contribution in [2.24, 2.45) is 4.99 Å². The van der Waals surface area contributed by atoms with Crippen molar-refractivity contribution >= 4 is 17.4 Å². The number of allylic oxidation sites excluding steroid dienone is 4. The molecule has 0 saturated heterocycles. The van der Waals surface area contributed by atoms with Gasteiger partial charge in [0, 0.05) is 0 Å². The summed E-state index contributed by atoms with van der Waals surface area (Å²) in [5.41, 5.74) is 2.07. The van der Waals surface area contributed by atoms with E-state index >= 15 is 0 Å². The maximum atomic E-state index is 11.7. The average Bonchev–Trinajstić information content (AvgIpc) is 2.35. The minimum absolute atomic E-state index is 0.0375. The van der Waals surface area contributed by atoms with Gasteiger partial charge in [0.25, 0.3) is 5.91 Å². The van der Waals surface area contributed by atoms with Gasteiger partial charge in [0.05, 0.1) is 12.1 Å². The summed E-state index contributed by atoms with van der Waals surface area (Å²) in [4.78, 5) is 26.9. The maximum Gasteiger partial charge on any atom is 0.250 e. The average molecular weight is 239 g/mol. The molecule has 18 heavy (non-hydrogen) atoms. The summed E-state index contributed by atoms with van der Waals surface area (Å²) < 4.78 is 0. The Labute approximate surface area is 106 Å². The second kappa shape index (κ2) is 5.36. The molecule has 2 rings (SSSR count). The number of aliphatic imine (C=N–C) groups is 1. The Morgan fingerprint density at radius 1 is 1.17 bits per heavy atom. The second-order valence-electron chi connectivity index (χ2n) is 4.12. The normalized spacial score (nSPS) is 16.8. The Bertz CT molecular complexity index is 565. The van der Waals surface area contributed by atoms with Crippen LogP contribution in [0.2, 0.25) is 0 Å². The van der Waals surface area contributed by atoms with Crippen LogP contribution in [0, 0.1) is 0 Å². The van der Waals surface area contributed by atoms with Gasteiger partial charge in [-0.3, -0.25) is 9.59 Å². The van der Waals surface area contributed by atoms with Crippen molar-refractivity contribution in [1.82, 2.24) is 0 Å². The summed E-state index contributed by atoms with van der Waals surface area (Å²) in [5, 5.41) is 0. The van der Waals surface area contributed by atoms with Crippen molar-refractivity contribution in [3.63, 3.8) is 0 Å². The lowest BCUT2D eigenvalue weighted by molar-refractivity contribution is -0.117. The molecule has 0 radical (unpaired) electrons. The van der Waals surface area contributed by atoms with Crippen LogP contribution in [0.25, 0.3) is 0 Å². The highest BCUT2D eigenvalue weighted by molar-refractivity contribution is 6.20. The zero-order valence-electron chi connectivity index (χ0n) is 10.1. The van der Waals surface area contributed by atoms with Crippen molar-refractivity contribution in [1.29, 1.82) is 0 Å². The summed E-state index contributed by atoms with van der Waals surface area (Å²) in [6.07, 6.45) is 4.91. The molecule has 1 aliphatic rings. The van der Waals surface area contributed by atoms with Crippen molar-refractivity contribution in [2.45, 2.75) is 13.3 Å². The molecule has 1 amide bonds. The minimum atomic E-state index is -0.209. The summed E-state index contributed by atoms with van der Waals surface area (Å²) in [7, 11) is 0. The van der Waals surface area contributed by atoms with E-state index in [4.69, 9.17) is 0 Å². The van der Waals surface area contributed by atoms with Crippen LogP contribution < -0.4 is 0 Å². The van der Waals surface area contributed by atoms with E-state index in [1.807, 2.05) is 30.3 Å². The lowest BCUT2D eigenvalue weighted by Crippen LogP contribution is -2.08. The molecule has 0 aromatic heterocycles. The molecule has 0 atom stereocenters. The molecule has 0 fully saturated rings. The first-order chi connectivity index (χ1) is 8.65. The van der Waals surface area contributed by atoms with Crippen molar-refractivity contribution in [3.8, 4) is 0 Å². The Morgan fingerprint density at radius 2 is 1.89 bits per heavy atom. The predicted octanol–water partition coefficient (Wildman–Crippen LogP) is 2.28. The smallest absolute Gasteiger partial charge is 0.250 e. The van der Waals surface area contributed by atoms with Crippen LogP contribution in [0.3, 0.4) is 0 Å². The first-order valence-electron chi connectivity index (χ1n) is 5.71. The third-order valence-corrected chi connectivity index (χ3v) is 2.61. The van der Waals surface area contributed by atoms with E-state index in [9.17, 15) is 9.59 Å². The largest absolute Gasteiger partial charge is 0.290 e. The third kappa shape index (κ3) is 3.10. The van der Waals surface area contributed by atoms with Crippen LogP contribution in [0.4, 0.5) is 0 Å². The predicted molar refractivity (Wildman–Crippen MR) is 70.5 cm³/mol. The molecule has 0 saturated carbocycles. The zero-order chi connectivity index (χ0) is 13.0. The quantitative estimate of drug-likeness (QED) is 0.743. The SMILES string of the molecule is CC1=CC(=NC(=O)Cc2ccccc2)C=CC1=O. The first kappa shape index (κ1) is 12.2. The van der Waals surface area contributed by atoms with Gasteiger partial charge in [-0.15, -0.1) is 0 Å². The second-order valence-corrected chi connectivity index (χ2v) is 4.12. The number of nitrogens with zero attached hydrogens (tertiary/aromatic N) is 1. The van der Waals surface area contributed by atoms with Crippen molar-refractivity contribution in [3.05, 3.63) is 59.7 Å². The van der Waals surface area contributed by atoms with E-state index in [-0.39, 0.29) is 18.1 Å². The fourth-order valence-corrected chi connectivity index (χ4v) is 1.66. The van der Waals surface area contributed by atoms with Crippen LogP contribution in [-0.4, -0.2) is 17.4 Å². The number of hydrogen-bond donors (Lipinski definition) is 0. The Kier molecular flexibility index (Phi) is 3.63. The van der Waals surface area contributed by atoms with Crippen molar-refractivity contribution < 1.29 is 9.59 Å². The van der Waals surface area contributed by atoms with E-state index in [0.29, 0.717) is 11.3 Å². The van der Waals surface area contributed by atoms with E-state index < -0.39 is 0 Å². The molecule has 0 N–H and O–H groups in total. The molecule has 1 aromatic carbocycles. The summed E-state index contributed by atoms with van der Waals surface area (Å²) in [6.45, 7) is 1.71. The lowest BCUT2D eigenvalue weighted by Gasteiger charge is -2.03. The Morgan fingerprint density at radius 3 is 2.56 bits per heavy atom. The monoisotopic (exact) mass is 239 g/mol. The first-order valence-corrected chi connectivity index (χ1v) is 5.71.